The van der Waals surface area contributed by atoms with E-state index in [9.17, 15) is 4.79 Å². The molecule has 0 radical (unpaired) electrons. The highest BCUT2D eigenvalue weighted by Crippen LogP contribution is 2.30. The lowest BCUT2D eigenvalue weighted by molar-refractivity contribution is 0.949. The van der Waals surface area contributed by atoms with Crippen LogP contribution in [0.5, 0.6) is 0 Å². The first-order valence-electron chi connectivity index (χ1n) is 6.44. The molecule has 3 N–H and O–H groups in total. The van der Waals surface area contributed by atoms with Gasteiger partial charge in [-0.3, -0.25) is 4.79 Å². The number of rotatable bonds is 2. The second-order valence-electron chi connectivity index (χ2n) is 4.77. The van der Waals surface area contributed by atoms with E-state index in [2.05, 4.69) is 15.1 Å². The molecular weight excluding hydrogens is 240 g/mol. The molecule has 1 aromatic heterocycles. The van der Waals surface area contributed by atoms with Gasteiger partial charge in [0.05, 0.1) is 17.1 Å². The molecule has 0 saturated carbocycles. The van der Waals surface area contributed by atoms with E-state index in [-0.39, 0.29) is 5.56 Å². The van der Waals surface area contributed by atoms with Crippen LogP contribution < -0.4 is 16.2 Å². The molecule has 0 aliphatic carbocycles. The first-order valence-corrected chi connectivity index (χ1v) is 6.44. The second-order valence-corrected chi connectivity index (χ2v) is 4.77. The van der Waals surface area contributed by atoms with Crippen molar-refractivity contribution in [3.63, 3.8) is 0 Å². The number of H-pyrrole nitrogens is 1. The van der Waals surface area contributed by atoms with Gasteiger partial charge >= 0.3 is 0 Å². The molecule has 19 heavy (non-hydrogen) atoms. The van der Waals surface area contributed by atoms with E-state index in [1.165, 1.54) is 18.9 Å². The first-order chi connectivity index (χ1) is 9.24. The molecule has 1 fully saturated rings. The molecule has 5 nitrogen and oxygen atoms in total. The summed E-state index contributed by atoms with van der Waals surface area (Å²) in [6, 6.07) is 9.10. The largest absolute Gasteiger partial charge is 0.397 e. The quantitative estimate of drug-likeness (QED) is 0.801. The third kappa shape index (κ3) is 2.31. The van der Waals surface area contributed by atoms with Crippen LogP contribution in [-0.2, 0) is 0 Å². The first kappa shape index (κ1) is 11.8. The number of nitrogen functional groups attached to an aromatic ring is 1. The van der Waals surface area contributed by atoms with Crippen LogP contribution in [0, 0.1) is 0 Å². The molecule has 1 saturated heterocycles. The lowest BCUT2D eigenvalue weighted by atomic mass is 10.1. The summed E-state index contributed by atoms with van der Waals surface area (Å²) >= 11 is 0. The Bertz CT molecular complexity index is 624. The van der Waals surface area contributed by atoms with Crippen molar-refractivity contribution in [3.8, 4) is 11.3 Å². The predicted octanol–water partition coefficient (Wildman–Crippen LogP) is 1.62. The molecule has 0 bridgehead atoms. The van der Waals surface area contributed by atoms with E-state index < -0.39 is 0 Å². The fourth-order valence-corrected chi connectivity index (χ4v) is 2.47. The van der Waals surface area contributed by atoms with Gasteiger partial charge in [-0.1, -0.05) is 6.07 Å². The summed E-state index contributed by atoms with van der Waals surface area (Å²) < 4.78 is 0. The topological polar surface area (TPSA) is 75.0 Å². The third-order valence-electron chi connectivity index (χ3n) is 3.45. The van der Waals surface area contributed by atoms with Gasteiger partial charge in [0.25, 0.3) is 5.56 Å². The molecule has 1 aliphatic heterocycles. The number of nitrogens with one attached hydrogen (secondary N) is 1. The van der Waals surface area contributed by atoms with Crippen LogP contribution in [0.3, 0.4) is 0 Å². The Balaban J connectivity index is 1.94. The van der Waals surface area contributed by atoms with Crippen molar-refractivity contribution in [3.05, 3.63) is 40.7 Å². The molecular formula is C14H16N4O. The fourth-order valence-electron chi connectivity index (χ4n) is 2.47. The number of hydrogen-bond donors (Lipinski definition) is 2. The average Bonchev–Trinajstić information content (AvgIpc) is 2.93. The highest BCUT2D eigenvalue weighted by molar-refractivity contribution is 5.75. The normalized spacial score (nSPS) is 14.8. The number of nitrogens with zero attached hydrogens (tertiary/aromatic N) is 2. The van der Waals surface area contributed by atoms with Gasteiger partial charge < -0.3 is 10.6 Å². The van der Waals surface area contributed by atoms with E-state index >= 15 is 0 Å². The molecule has 1 aliphatic rings. The molecule has 0 atom stereocenters. The minimum absolute atomic E-state index is 0.203. The summed E-state index contributed by atoms with van der Waals surface area (Å²) in [4.78, 5) is 13.3. The number of hydrogen-bond acceptors (Lipinski definition) is 4. The molecule has 2 heterocycles. The molecule has 0 spiro atoms. The standard InChI is InChI=1S/C14H16N4O/c15-11-9-10(12-4-6-14(19)17-16-12)3-5-13(11)18-7-1-2-8-18/h3-6,9H,1-2,7-8,15H2,(H,17,19). The van der Waals surface area contributed by atoms with Crippen LogP contribution in [0.25, 0.3) is 11.3 Å². The number of nitrogens with two attached hydrogens (primary N) is 1. The number of benzene rings is 1. The zero-order chi connectivity index (χ0) is 13.2. The van der Waals surface area contributed by atoms with Crippen molar-refractivity contribution in [2.75, 3.05) is 23.7 Å². The van der Waals surface area contributed by atoms with Crippen molar-refractivity contribution >= 4 is 11.4 Å². The monoisotopic (exact) mass is 256 g/mol. The van der Waals surface area contributed by atoms with E-state index in [1.807, 2.05) is 18.2 Å². The maximum Gasteiger partial charge on any atom is 0.264 e. The Morgan fingerprint density at radius 2 is 1.95 bits per heavy atom. The van der Waals surface area contributed by atoms with Crippen molar-refractivity contribution in [1.82, 2.24) is 10.2 Å². The lowest BCUT2D eigenvalue weighted by Crippen LogP contribution is -2.18. The summed E-state index contributed by atoms with van der Waals surface area (Å²) in [5.41, 5.74) is 9.40. The summed E-state index contributed by atoms with van der Waals surface area (Å²) in [5, 5.41) is 6.44. The highest BCUT2D eigenvalue weighted by atomic mass is 16.1. The van der Waals surface area contributed by atoms with Gasteiger partial charge in [0, 0.05) is 24.7 Å². The van der Waals surface area contributed by atoms with Gasteiger partial charge in [0.2, 0.25) is 0 Å². The van der Waals surface area contributed by atoms with Crippen LogP contribution in [0.4, 0.5) is 11.4 Å². The predicted molar refractivity (Wildman–Crippen MR) is 76.2 cm³/mol. The van der Waals surface area contributed by atoms with E-state index in [0.717, 1.165) is 35.7 Å². The molecule has 5 heteroatoms. The minimum atomic E-state index is -0.203. The van der Waals surface area contributed by atoms with E-state index in [1.54, 1.807) is 6.07 Å². The number of aromatic amines is 1. The lowest BCUT2D eigenvalue weighted by Gasteiger charge is -2.20. The smallest absolute Gasteiger partial charge is 0.264 e. The van der Waals surface area contributed by atoms with Gasteiger partial charge in [-0.25, -0.2) is 5.10 Å². The zero-order valence-corrected chi connectivity index (χ0v) is 10.6. The van der Waals surface area contributed by atoms with Crippen LogP contribution in [0.1, 0.15) is 12.8 Å². The summed E-state index contributed by atoms with van der Waals surface area (Å²) in [7, 11) is 0. The van der Waals surface area contributed by atoms with Crippen LogP contribution in [0.2, 0.25) is 0 Å². The Hall–Kier alpha value is -2.30. The van der Waals surface area contributed by atoms with Gasteiger partial charge in [0.15, 0.2) is 0 Å². The summed E-state index contributed by atoms with van der Waals surface area (Å²) in [6.45, 7) is 2.14. The number of aromatic nitrogens is 2. The molecule has 0 unspecified atom stereocenters. The molecule has 3 rings (SSSR count). The van der Waals surface area contributed by atoms with Crippen LogP contribution >= 0.6 is 0 Å². The zero-order valence-electron chi connectivity index (χ0n) is 10.6. The Morgan fingerprint density at radius 1 is 1.16 bits per heavy atom. The summed E-state index contributed by atoms with van der Waals surface area (Å²) in [6.07, 6.45) is 2.45. The van der Waals surface area contributed by atoms with E-state index in [0.29, 0.717) is 0 Å². The maximum atomic E-state index is 11.0. The fraction of sp³-hybridized carbons (Fsp3) is 0.286. The SMILES string of the molecule is Nc1cc(-c2ccc(=O)[nH]n2)ccc1N1CCCC1. The van der Waals surface area contributed by atoms with Gasteiger partial charge in [0.1, 0.15) is 0 Å². The Labute approximate surface area is 111 Å². The van der Waals surface area contributed by atoms with Crippen molar-refractivity contribution in [2.45, 2.75) is 12.8 Å². The average molecular weight is 256 g/mol. The second kappa shape index (κ2) is 4.76. The summed E-state index contributed by atoms with van der Waals surface area (Å²) in [5.74, 6) is 0. The van der Waals surface area contributed by atoms with Gasteiger partial charge in [-0.15, -0.1) is 0 Å². The van der Waals surface area contributed by atoms with Crippen LogP contribution in [0.15, 0.2) is 35.1 Å². The molecule has 0 amide bonds. The highest BCUT2D eigenvalue weighted by Gasteiger charge is 2.15. The van der Waals surface area contributed by atoms with E-state index in [4.69, 9.17) is 5.73 Å². The maximum absolute atomic E-state index is 11.0. The Morgan fingerprint density at radius 3 is 2.58 bits per heavy atom. The van der Waals surface area contributed by atoms with Crippen molar-refractivity contribution < 1.29 is 0 Å². The van der Waals surface area contributed by atoms with Crippen molar-refractivity contribution in [1.29, 1.82) is 0 Å². The van der Waals surface area contributed by atoms with Gasteiger partial charge in [-0.05, 0) is 31.0 Å². The molecule has 1 aromatic carbocycles. The minimum Gasteiger partial charge on any atom is -0.397 e. The molecule has 2 aromatic rings. The number of anilines is 2. The van der Waals surface area contributed by atoms with Gasteiger partial charge in [-0.2, -0.15) is 5.10 Å². The third-order valence-corrected chi connectivity index (χ3v) is 3.45. The molecule has 98 valence electrons. The Kier molecular flexibility index (Phi) is 2.95. The van der Waals surface area contributed by atoms with Crippen molar-refractivity contribution in [2.24, 2.45) is 0 Å². The van der Waals surface area contributed by atoms with Crippen LogP contribution in [-0.4, -0.2) is 23.3 Å².